The molecule has 0 aliphatic rings. The second-order valence-electron chi connectivity index (χ2n) is 10.4. The van der Waals surface area contributed by atoms with Crippen molar-refractivity contribution in [3.63, 3.8) is 0 Å². The van der Waals surface area contributed by atoms with E-state index in [-0.39, 0.29) is 50.2 Å². The molecule has 3 aromatic carbocycles. The molecule has 2 amide bonds. The lowest BCUT2D eigenvalue weighted by atomic mass is 10.0. The predicted molar refractivity (Wildman–Crippen MR) is 161 cm³/mol. The fourth-order valence-corrected chi connectivity index (χ4v) is 5.65. The normalized spacial score (nSPS) is 12.8. The number of carbonyl (C=O) groups excluding carboxylic acids is 2. The third kappa shape index (κ3) is 9.14. The summed E-state index contributed by atoms with van der Waals surface area (Å²) in [6.45, 7) is 5.68. The first kappa shape index (κ1) is 31.8. The average molecular weight is 582 g/mol. The molecule has 9 heteroatoms. The molecule has 7 nitrogen and oxygen atoms in total. The summed E-state index contributed by atoms with van der Waals surface area (Å²) in [5.41, 5.74) is 2.52. The number of benzene rings is 3. The second-order valence-corrected chi connectivity index (χ2v) is 12.3. The molecule has 220 valence electrons. The standard InChI is InChI=1S/C32H40FN3O4S/c1-5-25(3)34-32(38)30(22-26-15-7-6-8-16-26)35(23-27-17-10-11-18-28(27)33)31(37)20-13-21-36(41(4,39)40)29-19-12-9-14-24(29)2/h6-12,14-19,25,30H,5,13,20-23H2,1-4H3,(H,34,38)/t25-,30-/m0/s1. The number of nitrogens with one attached hydrogen (secondary N) is 1. The Hall–Kier alpha value is -3.72. The van der Waals surface area contributed by atoms with E-state index in [4.69, 9.17) is 0 Å². The number of rotatable bonds is 14. The molecule has 1 N–H and O–H groups in total. The van der Waals surface area contributed by atoms with Crippen LogP contribution in [0.15, 0.2) is 78.9 Å². The van der Waals surface area contributed by atoms with Crippen LogP contribution in [0.5, 0.6) is 0 Å². The number of para-hydroxylation sites is 1. The van der Waals surface area contributed by atoms with E-state index >= 15 is 0 Å². The summed E-state index contributed by atoms with van der Waals surface area (Å²) in [6, 6.07) is 21.8. The highest BCUT2D eigenvalue weighted by Gasteiger charge is 2.31. The maximum Gasteiger partial charge on any atom is 0.243 e. The monoisotopic (exact) mass is 581 g/mol. The number of aryl methyl sites for hydroxylation is 1. The first-order chi connectivity index (χ1) is 19.5. The van der Waals surface area contributed by atoms with Crippen LogP contribution in [-0.2, 0) is 32.6 Å². The van der Waals surface area contributed by atoms with Crippen LogP contribution < -0.4 is 9.62 Å². The van der Waals surface area contributed by atoms with Crippen molar-refractivity contribution in [1.82, 2.24) is 10.2 Å². The molecule has 0 saturated carbocycles. The van der Waals surface area contributed by atoms with Gasteiger partial charge in [-0.15, -0.1) is 0 Å². The van der Waals surface area contributed by atoms with Crippen LogP contribution in [-0.4, -0.2) is 50.0 Å². The molecule has 0 aromatic heterocycles. The second kappa shape index (κ2) is 14.8. The summed E-state index contributed by atoms with van der Waals surface area (Å²) in [4.78, 5) is 28.9. The molecule has 3 aromatic rings. The van der Waals surface area contributed by atoms with Crippen molar-refractivity contribution in [2.45, 2.75) is 65.1 Å². The smallest absolute Gasteiger partial charge is 0.243 e. The Kier molecular flexibility index (Phi) is 11.5. The minimum absolute atomic E-state index is 0.0196. The van der Waals surface area contributed by atoms with Crippen molar-refractivity contribution in [1.29, 1.82) is 0 Å². The zero-order valence-electron chi connectivity index (χ0n) is 24.2. The quantitative estimate of drug-likeness (QED) is 0.282. The molecular weight excluding hydrogens is 541 g/mol. The van der Waals surface area contributed by atoms with Gasteiger partial charge in [-0.25, -0.2) is 12.8 Å². The molecule has 0 aliphatic heterocycles. The van der Waals surface area contributed by atoms with Crippen LogP contribution >= 0.6 is 0 Å². The first-order valence-electron chi connectivity index (χ1n) is 13.9. The number of halogens is 1. The predicted octanol–water partition coefficient (Wildman–Crippen LogP) is 5.24. The fraction of sp³-hybridized carbons (Fsp3) is 0.375. The van der Waals surface area contributed by atoms with Crippen LogP contribution in [0, 0.1) is 12.7 Å². The summed E-state index contributed by atoms with van der Waals surface area (Å²) in [5.74, 6) is -1.13. The Morgan fingerprint density at radius 1 is 0.951 bits per heavy atom. The van der Waals surface area contributed by atoms with Crippen LogP contribution in [0.25, 0.3) is 0 Å². The molecule has 2 atom stereocenters. The van der Waals surface area contributed by atoms with Gasteiger partial charge in [0.05, 0.1) is 11.9 Å². The van der Waals surface area contributed by atoms with Gasteiger partial charge >= 0.3 is 0 Å². The summed E-state index contributed by atoms with van der Waals surface area (Å²) in [7, 11) is -3.60. The Labute approximate surface area is 243 Å². The van der Waals surface area contributed by atoms with Crippen molar-refractivity contribution >= 4 is 27.5 Å². The van der Waals surface area contributed by atoms with Gasteiger partial charge in [-0.2, -0.15) is 0 Å². The molecule has 0 fully saturated rings. The highest BCUT2D eigenvalue weighted by Crippen LogP contribution is 2.23. The van der Waals surface area contributed by atoms with Gasteiger partial charge in [0.2, 0.25) is 21.8 Å². The molecule has 0 spiro atoms. The van der Waals surface area contributed by atoms with Crippen LogP contribution in [0.1, 0.15) is 49.8 Å². The lowest BCUT2D eigenvalue weighted by Crippen LogP contribution is -2.52. The molecule has 0 saturated heterocycles. The first-order valence-corrected chi connectivity index (χ1v) is 15.8. The zero-order valence-corrected chi connectivity index (χ0v) is 25.0. The molecular formula is C32H40FN3O4S. The summed E-state index contributed by atoms with van der Waals surface area (Å²) >= 11 is 0. The number of hydrogen-bond donors (Lipinski definition) is 1. The molecule has 0 bridgehead atoms. The molecule has 0 heterocycles. The molecule has 3 rings (SSSR count). The van der Waals surface area contributed by atoms with Gasteiger partial charge in [-0.3, -0.25) is 13.9 Å². The number of carbonyl (C=O) groups is 2. The van der Waals surface area contributed by atoms with Gasteiger partial charge < -0.3 is 10.2 Å². The lowest BCUT2D eigenvalue weighted by molar-refractivity contribution is -0.141. The summed E-state index contributed by atoms with van der Waals surface area (Å²) in [6.07, 6.45) is 2.31. The van der Waals surface area contributed by atoms with Crippen molar-refractivity contribution in [3.8, 4) is 0 Å². The SMILES string of the molecule is CC[C@H](C)NC(=O)[C@H](Cc1ccccc1)N(Cc1ccccc1F)C(=O)CCCN(c1ccccc1C)S(C)(=O)=O. The van der Waals surface area contributed by atoms with E-state index in [0.29, 0.717) is 17.7 Å². The summed E-state index contributed by atoms with van der Waals surface area (Å²) < 4.78 is 41.4. The van der Waals surface area contributed by atoms with Crippen molar-refractivity contribution in [2.75, 3.05) is 17.1 Å². The largest absolute Gasteiger partial charge is 0.352 e. The van der Waals surface area contributed by atoms with Gasteiger partial charge in [0.25, 0.3) is 0 Å². The summed E-state index contributed by atoms with van der Waals surface area (Å²) in [5, 5.41) is 2.99. The molecule has 0 unspecified atom stereocenters. The average Bonchev–Trinajstić information content (AvgIpc) is 2.94. The Balaban J connectivity index is 1.91. The van der Waals surface area contributed by atoms with Gasteiger partial charge in [-0.1, -0.05) is 73.7 Å². The maximum atomic E-state index is 14.8. The number of anilines is 1. The minimum atomic E-state index is -3.60. The van der Waals surface area contributed by atoms with E-state index < -0.39 is 21.9 Å². The number of hydrogen-bond acceptors (Lipinski definition) is 4. The van der Waals surface area contributed by atoms with Crippen LogP contribution in [0.3, 0.4) is 0 Å². The van der Waals surface area contributed by atoms with E-state index in [2.05, 4.69) is 5.32 Å². The lowest BCUT2D eigenvalue weighted by Gasteiger charge is -2.33. The third-order valence-corrected chi connectivity index (χ3v) is 8.29. The third-order valence-electron chi connectivity index (χ3n) is 7.11. The van der Waals surface area contributed by atoms with E-state index in [1.807, 2.05) is 63.2 Å². The Morgan fingerprint density at radius 2 is 1.59 bits per heavy atom. The van der Waals surface area contributed by atoms with Crippen molar-refractivity contribution < 1.29 is 22.4 Å². The Bertz CT molecular complexity index is 1420. The van der Waals surface area contributed by atoms with Gasteiger partial charge in [0.15, 0.2) is 0 Å². The number of sulfonamides is 1. The van der Waals surface area contributed by atoms with E-state index in [0.717, 1.165) is 17.4 Å². The highest BCUT2D eigenvalue weighted by atomic mass is 32.2. The van der Waals surface area contributed by atoms with Gasteiger partial charge in [0, 0.05) is 37.5 Å². The Morgan fingerprint density at radius 3 is 2.22 bits per heavy atom. The van der Waals surface area contributed by atoms with Gasteiger partial charge in [-0.05, 0) is 49.9 Å². The highest BCUT2D eigenvalue weighted by molar-refractivity contribution is 7.92. The van der Waals surface area contributed by atoms with Crippen LogP contribution in [0.4, 0.5) is 10.1 Å². The van der Waals surface area contributed by atoms with E-state index in [1.54, 1.807) is 30.3 Å². The molecule has 0 aliphatic carbocycles. The minimum Gasteiger partial charge on any atom is -0.352 e. The maximum absolute atomic E-state index is 14.8. The van der Waals surface area contributed by atoms with Gasteiger partial charge in [0.1, 0.15) is 11.9 Å². The molecule has 41 heavy (non-hydrogen) atoms. The van der Waals surface area contributed by atoms with Crippen molar-refractivity contribution in [3.05, 3.63) is 101 Å². The molecule has 0 radical (unpaired) electrons. The topological polar surface area (TPSA) is 86.8 Å². The van der Waals surface area contributed by atoms with E-state index in [9.17, 15) is 22.4 Å². The number of amides is 2. The van der Waals surface area contributed by atoms with E-state index in [1.165, 1.54) is 15.3 Å². The van der Waals surface area contributed by atoms with Crippen LogP contribution in [0.2, 0.25) is 0 Å². The van der Waals surface area contributed by atoms with Crippen molar-refractivity contribution in [2.24, 2.45) is 0 Å². The zero-order chi connectivity index (χ0) is 30.0. The number of nitrogens with zero attached hydrogens (tertiary/aromatic N) is 2. The fourth-order valence-electron chi connectivity index (χ4n) is 4.63.